The zero-order chi connectivity index (χ0) is 19.3. The summed E-state index contributed by atoms with van der Waals surface area (Å²) in [5.41, 5.74) is 3.58. The SMILES string of the molecule is CCCCc1ccc(-n2cc(CNC3CCN(S(C)(=O)=O)CC3)cn2)cc1. The van der Waals surface area contributed by atoms with Crippen molar-refractivity contribution in [3.05, 3.63) is 47.8 Å². The van der Waals surface area contributed by atoms with Crippen molar-refractivity contribution in [1.29, 1.82) is 0 Å². The van der Waals surface area contributed by atoms with Crippen LogP contribution in [0.3, 0.4) is 0 Å². The van der Waals surface area contributed by atoms with Gasteiger partial charge in [0.25, 0.3) is 0 Å². The van der Waals surface area contributed by atoms with Crippen LogP contribution >= 0.6 is 0 Å². The van der Waals surface area contributed by atoms with Gasteiger partial charge in [0.15, 0.2) is 0 Å². The maximum Gasteiger partial charge on any atom is 0.211 e. The van der Waals surface area contributed by atoms with Gasteiger partial charge in [0.1, 0.15) is 0 Å². The maximum absolute atomic E-state index is 11.6. The lowest BCUT2D eigenvalue weighted by Crippen LogP contribution is -2.44. The van der Waals surface area contributed by atoms with E-state index in [1.807, 2.05) is 10.9 Å². The van der Waals surface area contributed by atoms with Gasteiger partial charge in [-0.15, -0.1) is 0 Å². The molecule has 0 amide bonds. The summed E-state index contributed by atoms with van der Waals surface area (Å²) < 4.78 is 26.6. The molecular weight excluding hydrogens is 360 g/mol. The third-order valence-corrected chi connectivity index (χ3v) is 6.48. The van der Waals surface area contributed by atoms with Crippen LogP contribution in [0.4, 0.5) is 0 Å². The van der Waals surface area contributed by atoms with Crippen LogP contribution in [0, 0.1) is 0 Å². The highest BCUT2D eigenvalue weighted by Gasteiger charge is 2.24. The number of unbranched alkanes of at least 4 members (excludes halogenated alkanes) is 1. The van der Waals surface area contributed by atoms with E-state index in [0.717, 1.165) is 37.1 Å². The summed E-state index contributed by atoms with van der Waals surface area (Å²) in [5, 5.41) is 8.01. The van der Waals surface area contributed by atoms with Crippen LogP contribution < -0.4 is 5.32 Å². The standard InChI is InChI=1S/C20H30N4O2S/c1-3-4-5-17-6-8-20(9-7-17)24-16-18(15-22-24)14-21-19-10-12-23(13-11-19)27(2,25)26/h6-9,15-16,19,21H,3-5,10-14H2,1-2H3. The van der Waals surface area contributed by atoms with Crippen LogP contribution in [-0.2, 0) is 23.0 Å². The van der Waals surface area contributed by atoms with Crippen molar-refractivity contribution < 1.29 is 8.42 Å². The summed E-state index contributed by atoms with van der Waals surface area (Å²) in [6, 6.07) is 8.95. The molecule has 1 fully saturated rings. The van der Waals surface area contributed by atoms with Gasteiger partial charge in [0.2, 0.25) is 10.0 Å². The fourth-order valence-corrected chi connectivity index (χ4v) is 4.32. The Labute approximate surface area is 162 Å². The number of rotatable bonds is 8. The fraction of sp³-hybridized carbons (Fsp3) is 0.550. The molecule has 6 nitrogen and oxygen atoms in total. The van der Waals surface area contributed by atoms with Crippen molar-refractivity contribution >= 4 is 10.0 Å². The van der Waals surface area contributed by atoms with E-state index in [4.69, 9.17) is 0 Å². The predicted octanol–water partition coefficient (Wildman–Crippen LogP) is 2.73. The van der Waals surface area contributed by atoms with Crippen molar-refractivity contribution in [2.75, 3.05) is 19.3 Å². The molecule has 1 aromatic heterocycles. The Kier molecular flexibility index (Phi) is 6.68. The number of hydrogen-bond donors (Lipinski definition) is 1. The highest BCUT2D eigenvalue weighted by atomic mass is 32.2. The number of sulfonamides is 1. The average molecular weight is 391 g/mol. The summed E-state index contributed by atoms with van der Waals surface area (Å²) in [7, 11) is -3.06. The van der Waals surface area contributed by atoms with Crippen LogP contribution in [-0.4, -0.2) is 47.9 Å². The fourth-order valence-electron chi connectivity index (χ4n) is 3.44. The molecule has 2 aromatic rings. The Morgan fingerprint density at radius 1 is 1.15 bits per heavy atom. The summed E-state index contributed by atoms with van der Waals surface area (Å²) in [6.07, 6.45) is 10.5. The molecule has 0 radical (unpaired) electrons. The van der Waals surface area contributed by atoms with E-state index in [2.05, 4.69) is 47.8 Å². The van der Waals surface area contributed by atoms with Gasteiger partial charge in [0, 0.05) is 37.4 Å². The van der Waals surface area contributed by atoms with E-state index in [1.165, 1.54) is 24.7 Å². The van der Waals surface area contributed by atoms with Crippen molar-refractivity contribution in [3.63, 3.8) is 0 Å². The van der Waals surface area contributed by atoms with E-state index < -0.39 is 10.0 Å². The average Bonchev–Trinajstić information content (AvgIpc) is 3.14. The molecule has 1 saturated heterocycles. The number of aryl methyl sites for hydroxylation is 1. The Hall–Kier alpha value is -1.70. The smallest absolute Gasteiger partial charge is 0.211 e. The normalized spacial score (nSPS) is 16.7. The molecule has 1 aliphatic heterocycles. The van der Waals surface area contributed by atoms with Gasteiger partial charge in [0.05, 0.1) is 18.1 Å². The van der Waals surface area contributed by atoms with E-state index in [9.17, 15) is 8.42 Å². The van der Waals surface area contributed by atoms with Gasteiger partial charge in [-0.3, -0.25) is 0 Å². The van der Waals surface area contributed by atoms with Crippen molar-refractivity contribution in [2.45, 2.75) is 51.6 Å². The molecule has 1 N–H and O–H groups in total. The lowest BCUT2D eigenvalue weighted by Gasteiger charge is -2.30. The number of hydrogen-bond acceptors (Lipinski definition) is 4. The molecule has 2 heterocycles. The zero-order valence-corrected chi connectivity index (χ0v) is 17.1. The highest BCUT2D eigenvalue weighted by Crippen LogP contribution is 2.15. The quantitative estimate of drug-likeness (QED) is 0.753. The molecular formula is C20H30N4O2S. The highest BCUT2D eigenvalue weighted by molar-refractivity contribution is 7.88. The molecule has 0 bridgehead atoms. The maximum atomic E-state index is 11.6. The Morgan fingerprint density at radius 2 is 1.85 bits per heavy atom. The molecule has 0 spiro atoms. The Bertz CT molecular complexity index is 822. The molecule has 0 unspecified atom stereocenters. The predicted molar refractivity (Wildman–Crippen MR) is 108 cm³/mol. The van der Waals surface area contributed by atoms with Gasteiger partial charge in [-0.25, -0.2) is 17.4 Å². The van der Waals surface area contributed by atoms with Crippen LogP contribution in [0.2, 0.25) is 0 Å². The van der Waals surface area contributed by atoms with Gasteiger partial charge in [-0.2, -0.15) is 5.10 Å². The number of nitrogens with one attached hydrogen (secondary N) is 1. The number of aromatic nitrogens is 2. The van der Waals surface area contributed by atoms with Crippen molar-refractivity contribution in [2.24, 2.45) is 0 Å². The van der Waals surface area contributed by atoms with E-state index in [-0.39, 0.29) is 0 Å². The van der Waals surface area contributed by atoms with Gasteiger partial charge in [-0.1, -0.05) is 25.5 Å². The van der Waals surface area contributed by atoms with E-state index in [1.54, 1.807) is 4.31 Å². The summed E-state index contributed by atoms with van der Waals surface area (Å²) in [6.45, 7) is 4.15. The van der Waals surface area contributed by atoms with Crippen LogP contribution in [0.25, 0.3) is 5.69 Å². The molecule has 27 heavy (non-hydrogen) atoms. The monoisotopic (exact) mass is 390 g/mol. The first-order chi connectivity index (χ1) is 13.0. The lowest BCUT2D eigenvalue weighted by atomic mass is 10.1. The minimum Gasteiger partial charge on any atom is -0.310 e. The van der Waals surface area contributed by atoms with Gasteiger partial charge < -0.3 is 5.32 Å². The van der Waals surface area contributed by atoms with Crippen LogP contribution in [0.1, 0.15) is 43.7 Å². The second-order valence-electron chi connectivity index (χ2n) is 7.38. The van der Waals surface area contributed by atoms with Crippen LogP contribution in [0.5, 0.6) is 0 Å². The lowest BCUT2D eigenvalue weighted by molar-refractivity contribution is 0.290. The van der Waals surface area contributed by atoms with Crippen LogP contribution in [0.15, 0.2) is 36.7 Å². The first kappa shape index (κ1) is 20.0. The molecule has 1 aromatic carbocycles. The number of piperidine rings is 1. The third-order valence-electron chi connectivity index (χ3n) is 5.17. The topological polar surface area (TPSA) is 67.2 Å². The molecule has 148 valence electrons. The summed E-state index contributed by atoms with van der Waals surface area (Å²) in [4.78, 5) is 0. The first-order valence-corrected chi connectivity index (χ1v) is 11.6. The van der Waals surface area contributed by atoms with Gasteiger partial charge >= 0.3 is 0 Å². The Morgan fingerprint density at radius 3 is 2.48 bits per heavy atom. The minimum atomic E-state index is -3.06. The first-order valence-electron chi connectivity index (χ1n) is 9.77. The largest absolute Gasteiger partial charge is 0.310 e. The number of benzene rings is 1. The third kappa shape index (κ3) is 5.64. The summed E-state index contributed by atoms with van der Waals surface area (Å²) in [5.74, 6) is 0. The number of nitrogens with zero attached hydrogens (tertiary/aromatic N) is 3. The van der Waals surface area contributed by atoms with E-state index >= 15 is 0 Å². The molecule has 0 aliphatic carbocycles. The van der Waals surface area contributed by atoms with Crippen molar-refractivity contribution in [3.8, 4) is 5.69 Å². The second kappa shape index (κ2) is 8.99. The molecule has 0 atom stereocenters. The minimum absolute atomic E-state index is 0.351. The Balaban J connectivity index is 1.50. The second-order valence-corrected chi connectivity index (χ2v) is 9.36. The zero-order valence-electron chi connectivity index (χ0n) is 16.3. The van der Waals surface area contributed by atoms with Crippen molar-refractivity contribution in [1.82, 2.24) is 19.4 Å². The molecule has 3 rings (SSSR count). The summed E-state index contributed by atoms with van der Waals surface area (Å²) >= 11 is 0. The van der Waals surface area contributed by atoms with Gasteiger partial charge in [-0.05, 0) is 43.4 Å². The molecule has 7 heteroatoms. The molecule has 1 aliphatic rings. The van der Waals surface area contributed by atoms with E-state index in [0.29, 0.717) is 19.1 Å². The molecule has 0 saturated carbocycles.